The van der Waals surface area contributed by atoms with Gasteiger partial charge in [0.05, 0.1) is 0 Å². The first-order chi connectivity index (χ1) is 17.7. The molecule has 0 amide bonds. The molecule has 37 heavy (non-hydrogen) atoms. The molecule has 4 aromatic rings. The predicted molar refractivity (Wildman–Crippen MR) is 163 cm³/mol. The molecule has 2 aliphatic carbocycles. The Hall–Kier alpha value is -1.41. The summed E-state index contributed by atoms with van der Waals surface area (Å²) in [5, 5.41) is 0.748. The summed E-state index contributed by atoms with van der Waals surface area (Å²) in [6, 6.07) is 30.3. The molecule has 4 aromatic carbocycles. The van der Waals surface area contributed by atoms with Gasteiger partial charge in [0, 0.05) is 0 Å². The van der Waals surface area contributed by atoms with Gasteiger partial charge in [-0.25, -0.2) is 0 Å². The molecule has 1 unspecified atom stereocenters. The Morgan fingerprint density at radius 2 is 1.54 bits per heavy atom. The van der Waals surface area contributed by atoms with Gasteiger partial charge in [0.25, 0.3) is 0 Å². The van der Waals surface area contributed by atoms with Gasteiger partial charge in [-0.1, -0.05) is 0 Å². The fourth-order valence-electron chi connectivity index (χ4n) is 6.71. The van der Waals surface area contributed by atoms with Crippen LogP contribution >= 0.6 is 28.6 Å². The van der Waals surface area contributed by atoms with E-state index in [0.717, 1.165) is 23.4 Å². The number of allylic oxidation sites excluding steroid dienone is 1. The Balaban J connectivity index is 1.60. The third kappa shape index (κ3) is 3.86. The van der Waals surface area contributed by atoms with Gasteiger partial charge in [0.1, 0.15) is 0 Å². The zero-order chi connectivity index (χ0) is 26.0. The van der Waals surface area contributed by atoms with E-state index >= 15 is 0 Å². The Morgan fingerprint density at radius 1 is 0.838 bits per heavy atom. The minimum absolute atomic E-state index is 0.0887. The molecule has 0 N–H and O–H groups in total. The summed E-state index contributed by atoms with van der Waals surface area (Å²) in [7, 11) is 16.6. The molecule has 0 saturated heterocycles. The average molecular weight is 640 g/mol. The molecule has 0 nitrogen and oxygen atoms in total. The van der Waals surface area contributed by atoms with Crippen molar-refractivity contribution in [2.45, 2.75) is 36.5 Å². The molecule has 0 aromatic heterocycles. The van der Waals surface area contributed by atoms with Crippen LogP contribution in [-0.2, 0) is 22.0 Å². The van der Waals surface area contributed by atoms with Gasteiger partial charge >= 0.3 is 236 Å². The second kappa shape index (κ2) is 9.35. The molecule has 1 atom stereocenters. The van der Waals surface area contributed by atoms with Gasteiger partial charge in [-0.05, 0) is 0 Å². The van der Waals surface area contributed by atoms with Crippen molar-refractivity contribution in [3.8, 4) is 22.3 Å². The first kappa shape index (κ1) is 25.8. The second-order valence-corrected chi connectivity index (χ2v) is 52.7. The fraction of sp³-hybridized carbons (Fsp3) is 0.188. The van der Waals surface area contributed by atoms with Gasteiger partial charge in [0.2, 0.25) is 0 Å². The Bertz CT molecular complexity index is 1590. The van der Waals surface area contributed by atoms with E-state index in [1.165, 1.54) is 47.8 Å². The summed E-state index contributed by atoms with van der Waals surface area (Å²) >= 11 is 1.72. The first-order valence-electron chi connectivity index (χ1n) is 13.1. The molecule has 0 bridgehead atoms. The summed E-state index contributed by atoms with van der Waals surface area (Å²) in [5.74, 6) is -1.56. The van der Waals surface area contributed by atoms with Crippen LogP contribution in [0.3, 0.4) is 0 Å². The monoisotopic (exact) mass is 637 g/mol. The molecule has 0 radical (unpaired) electrons. The maximum atomic E-state index is 8.29. The van der Waals surface area contributed by atoms with Gasteiger partial charge in [-0.2, -0.15) is 0 Å². The number of fused-ring (bicyclic) bond motifs is 4. The van der Waals surface area contributed by atoms with Crippen molar-refractivity contribution in [1.82, 2.24) is 0 Å². The SMILES string of the molecule is CCC1=Cc2c(-c3cccc(Cl)c3)cccc2[CH]1[Zr]([Cl])([Cl])([c]1cccc2c1Cc1ccccc1-2)[SiH](C)C. The van der Waals surface area contributed by atoms with Crippen LogP contribution in [0.5, 0.6) is 0 Å². The number of hydrogen-bond donors (Lipinski definition) is 0. The molecular formula is C32H30Cl3SiZr. The third-order valence-electron chi connectivity index (χ3n) is 8.65. The minimum atomic E-state index is -4.68. The molecular weight excluding hydrogens is 610 g/mol. The molecule has 5 heteroatoms. The molecule has 2 aliphatic rings. The number of halogens is 3. The van der Waals surface area contributed by atoms with Crippen molar-refractivity contribution < 1.29 is 15.6 Å². The van der Waals surface area contributed by atoms with Crippen molar-refractivity contribution in [2.75, 3.05) is 0 Å². The maximum absolute atomic E-state index is 8.29. The zero-order valence-corrected chi connectivity index (χ0v) is 27.2. The van der Waals surface area contributed by atoms with Crippen molar-refractivity contribution >= 4 is 43.9 Å². The van der Waals surface area contributed by atoms with Crippen molar-refractivity contribution in [3.63, 3.8) is 0 Å². The van der Waals surface area contributed by atoms with Crippen LogP contribution in [0.4, 0.5) is 0 Å². The summed E-state index contributed by atoms with van der Waals surface area (Å²) in [6.45, 7) is 7.03. The number of rotatable bonds is 5. The van der Waals surface area contributed by atoms with Crippen LogP contribution in [0.1, 0.15) is 39.2 Å². The topological polar surface area (TPSA) is 0 Å². The molecule has 0 fully saturated rings. The van der Waals surface area contributed by atoms with Gasteiger partial charge in [-0.3, -0.25) is 0 Å². The van der Waals surface area contributed by atoms with E-state index in [4.69, 9.17) is 28.6 Å². The summed E-state index contributed by atoms with van der Waals surface area (Å²) in [5.41, 5.74) is 11.7. The third-order valence-corrected chi connectivity index (χ3v) is 58.9. The summed E-state index contributed by atoms with van der Waals surface area (Å²) in [4.78, 5) is 0. The molecule has 0 heterocycles. The van der Waals surface area contributed by atoms with Crippen LogP contribution in [0, 0.1) is 0 Å². The molecule has 0 saturated carbocycles. The zero-order valence-electron chi connectivity index (χ0n) is 21.4. The normalized spacial score (nSPS) is 17.1. The van der Waals surface area contributed by atoms with E-state index in [2.05, 4.69) is 98.9 Å². The van der Waals surface area contributed by atoms with Crippen molar-refractivity contribution in [2.24, 2.45) is 0 Å². The fourth-order valence-corrected chi connectivity index (χ4v) is 34.9. The standard InChI is InChI=1S/C17H14Cl.C13H9.C2H7Si.2ClH.Zr/c1-2-12-9-13-6-4-8-16(17(13)10-12)14-5-3-7-15(18)11-14;1-3-7-12-10(5-1)9-11-6-2-4-8-13(11)12;1-3-2;;;/h3-11H,2H2,1H3;1-5,7-8H,9H2;3H,1-2H3;2*1H;/q;;;;;+2/p-2. The van der Waals surface area contributed by atoms with Gasteiger partial charge < -0.3 is 0 Å². The van der Waals surface area contributed by atoms with Crippen molar-refractivity contribution in [1.29, 1.82) is 0 Å². The van der Waals surface area contributed by atoms with E-state index in [-0.39, 0.29) is 3.63 Å². The quantitative estimate of drug-likeness (QED) is 0.168. The Morgan fingerprint density at radius 3 is 2.30 bits per heavy atom. The van der Waals surface area contributed by atoms with E-state index in [9.17, 15) is 0 Å². The van der Waals surface area contributed by atoms with Crippen LogP contribution in [0.25, 0.3) is 28.3 Å². The molecule has 0 aliphatic heterocycles. The molecule has 6 rings (SSSR count). The van der Waals surface area contributed by atoms with Crippen LogP contribution < -0.4 is 3.27 Å². The average Bonchev–Trinajstić information content (AvgIpc) is 3.47. The summed E-state index contributed by atoms with van der Waals surface area (Å²) < 4.78 is 1.39. The predicted octanol–water partition coefficient (Wildman–Crippen LogP) is 9.73. The van der Waals surface area contributed by atoms with Crippen LogP contribution in [-0.4, -0.2) is 5.92 Å². The molecule has 0 spiro atoms. The summed E-state index contributed by atoms with van der Waals surface area (Å²) in [6.07, 6.45) is 4.25. The van der Waals surface area contributed by atoms with Gasteiger partial charge in [0.15, 0.2) is 0 Å². The van der Waals surface area contributed by atoms with Gasteiger partial charge in [-0.15, -0.1) is 0 Å². The van der Waals surface area contributed by atoms with E-state index in [0.29, 0.717) is 0 Å². The second-order valence-electron chi connectivity index (χ2n) is 10.8. The number of hydrogen-bond acceptors (Lipinski definition) is 0. The Labute approximate surface area is 234 Å². The van der Waals surface area contributed by atoms with Crippen molar-refractivity contribution in [3.05, 3.63) is 118 Å². The number of benzene rings is 4. The Kier molecular flexibility index (Phi) is 6.53. The van der Waals surface area contributed by atoms with Crippen LogP contribution in [0.15, 0.2) is 90.5 Å². The first-order valence-corrected chi connectivity index (χ1v) is 29.6. The molecule has 187 valence electrons. The van der Waals surface area contributed by atoms with E-state index < -0.39 is 21.5 Å². The van der Waals surface area contributed by atoms with E-state index in [1.54, 1.807) is 0 Å². The van der Waals surface area contributed by atoms with Crippen LogP contribution in [0.2, 0.25) is 18.1 Å². The van der Waals surface area contributed by atoms with E-state index in [1.807, 2.05) is 12.1 Å².